The van der Waals surface area contributed by atoms with Gasteiger partial charge in [0.15, 0.2) is 0 Å². The molecule has 0 aromatic rings. The van der Waals surface area contributed by atoms with E-state index in [-0.39, 0.29) is 88.7 Å². The number of hydrogen-bond donors (Lipinski definition) is 1. The predicted molar refractivity (Wildman–Crippen MR) is 19.5 cm³/mol. The van der Waals surface area contributed by atoms with Crippen LogP contribution in [-0.2, 0) is 0 Å². The van der Waals surface area contributed by atoms with Crippen LogP contribution in [-0.4, -0.2) is 92.1 Å². The molecule has 0 saturated carbocycles. The maximum Gasteiger partial charge on any atom is 0.368 e. The molecule has 0 heterocycles. The zero-order valence-corrected chi connectivity index (χ0v) is 13.2. The van der Waals surface area contributed by atoms with Gasteiger partial charge in [-0.15, -0.1) is 0 Å². The zero-order valence-electron chi connectivity index (χ0n) is 5.05. The van der Waals surface area contributed by atoms with Gasteiger partial charge in [0.1, 0.15) is 0 Å². The van der Waals surface area contributed by atoms with Crippen molar-refractivity contribution in [3.8, 4) is 0 Å². The first kappa shape index (κ1) is 22.6. The zero-order chi connectivity index (χ0) is 4.50. The third kappa shape index (κ3) is 55.1. The van der Waals surface area contributed by atoms with Crippen molar-refractivity contribution in [1.29, 1.82) is 0 Å². The maximum atomic E-state index is 8.73. The molecule has 0 saturated heterocycles. The largest absolute Gasteiger partial charge is 0.368 e. The summed E-state index contributed by atoms with van der Waals surface area (Å²) in [7, 11) is 0. The number of halogens is 1. The summed E-state index contributed by atoms with van der Waals surface area (Å²) in [5, 5.41) is 0. The molecular formula is HINa3O4. The van der Waals surface area contributed by atoms with Crippen LogP contribution in [0.25, 0.3) is 0 Å². The van der Waals surface area contributed by atoms with Crippen molar-refractivity contribution in [2.24, 2.45) is 0 Å². The fourth-order valence-corrected chi connectivity index (χ4v) is 0. The summed E-state index contributed by atoms with van der Waals surface area (Å²) >= 11 is -5.69. The molecule has 0 aliphatic heterocycles. The standard InChI is InChI=1S/HIO4.3Na/c2-1(3,4)5;;;/h2H;;;. The van der Waals surface area contributed by atoms with Crippen LogP contribution >= 0.6 is 0 Å². The second-order valence-electron chi connectivity index (χ2n) is 0.396. The average Bonchev–Trinajstić information content (AvgIpc) is 0.722. The first-order chi connectivity index (χ1) is 2.00. The third-order valence-corrected chi connectivity index (χ3v) is 0. The van der Waals surface area contributed by atoms with Gasteiger partial charge in [-0.25, -0.2) is 0 Å². The van der Waals surface area contributed by atoms with E-state index in [1.165, 1.54) is 0 Å². The van der Waals surface area contributed by atoms with E-state index in [2.05, 4.69) is 0 Å². The van der Waals surface area contributed by atoms with Crippen molar-refractivity contribution in [3.63, 3.8) is 0 Å². The van der Waals surface area contributed by atoms with E-state index in [1.54, 1.807) is 0 Å². The summed E-state index contributed by atoms with van der Waals surface area (Å²) in [6.45, 7) is 0. The van der Waals surface area contributed by atoms with E-state index in [9.17, 15) is 0 Å². The molecular weight excluding hydrogens is 260 g/mol. The quantitative estimate of drug-likeness (QED) is 0.346. The molecule has 35 valence electrons. The summed E-state index contributed by atoms with van der Waals surface area (Å²) in [5.74, 6) is 0. The van der Waals surface area contributed by atoms with Gasteiger partial charge in [-0.05, 0) is 0 Å². The summed E-state index contributed by atoms with van der Waals surface area (Å²) in [4.78, 5) is 0. The van der Waals surface area contributed by atoms with Gasteiger partial charge in [0.25, 0.3) is 0 Å². The SMILES string of the molecule is [Na].[Na].[Na].[O-][I+3]([O-])([O-])O. The first-order valence-corrected chi connectivity index (χ1v) is 4.24. The van der Waals surface area contributed by atoms with E-state index in [0.29, 0.717) is 0 Å². The van der Waals surface area contributed by atoms with Gasteiger partial charge in [0, 0.05) is 92.1 Å². The Morgan fingerprint density at radius 3 is 0.875 bits per heavy atom. The Kier molecular flexibility index (Phi) is 29.8. The Bertz CT molecular complexity index is 26.8. The molecule has 0 aromatic heterocycles. The summed E-state index contributed by atoms with van der Waals surface area (Å²) in [6.07, 6.45) is 0. The Balaban J connectivity index is -0.0000000267. The van der Waals surface area contributed by atoms with E-state index < -0.39 is 20.1 Å². The second-order valence-corrected chi connectivity index (χ2v) is 2.66. The van der Waals surface area contributed by atoms with Gasteiger partial charge in [-0.2, -0.15) is 0 Å². The second kappa shape index (κ2) is 10.6. The van der Waals surface area contributed by atoms with Crippen LogP contribution in [0.1, 0.15) is 0 Å². The maximum absolute atomic E-state index is 8.73. The molecule has 0 aromatic carbocycles. The summed E-state index contributed by atoms with van der Waals surface area (Å²) in [6, 6.07) is 0. The van der Waals surface area contributed by atoms with Crippen LogP contribution in [0.3, 0.4) is 0 Å². The Morgan fingerprint density at radius 1 is 0.875 bits per heavy atom. The number of rotatable bonds is 0. The third-order valence-electron chi connectivity index (χ3n) is 0. The minimum atomic E-state index is -5.69. The van der Waals surface area contributed by atoms with Crippen molar-refractivity contribution in [1.82, 2.24) is 0 Å². The van der Waals surface area contributed by atoms with E-state index in [4.69, 9.17) is 13.7 Å². The minimum Gasteiger partial charge on any atom is -0.256 e. The van der Waals surface area contributed by atoms with E-state index in [0.717, 1.165) is 0 Å². The van der Waals surface area contributed by atoms with Crippen LogP contribution in [0.5, 0.6) is 0 Å². The Hall–Kier alpha value is 3.57. The van der Waals surface area contributed by atoms with Gasteiger partial charge in [0.05, 0.1) is 0 Å². The van der Waals surface area contributed by atoms with Gasteiger partial charge >= 0.3 is 20.1 Å². The van der Waals surface area contributed by atoms with Crippen molar-refractivity contribution in [2.45, 2.75) is 0 Å². The summed E-state index contributed by atoms with van der Waals surface area (Å²) < 4.78 is 33.2. The Morgan fingerprint density at radius 2 is 0.875 bits per heavy atom. The van der Waals surface area contributed by atoms with Gasteiger partial charge < -0.3 is 0 Å². The molecule has 0 atom stereocenters. The minimum absolute atomic E-state index is 0. The molecule has 8 heteroatoms. The molecule has 0 aliphatic rings. The monoisotopic (exact) mass is 261 g/mol. The predicted octanol–water partition coefficient (Wildman–Crippen LogP) is -8.26. The molecule has 4 nitrogen and oxygen atoms in total. The fraction of sp³-hybridized carbons (Fsp3) is 0. The normalized spacial score (nSPS) is 7.50. The van der Waals surface area contributed by atoms with Crippen LogP contribution < -0.4 is 30.4 Å². The molecule has 0 aliphatic carbocycles. The van der Waals surface area contributed by atoms with E-state index >= 15 is 0 Å². The molecule has 0 unspecified atom stereocenters. The number of hydrogen-bond acceptors (Lipinski definition) is 4. The Labute approximate surface area is 120 Å². The topological polar surface area (TPSA) is 89.4 Å². The van der Waals surface area contributed by atoms with E-state index in [1.807, 2.05) is 0 Å². The van der Waals surface area contributed by atoms with Crippen LogP contribution in [0.15, 0.2) is 0 Å². The van der Waals surface area contributed by atoms with Gasteiger partial charge in [-0.1, -0.05) is 0 Å². The van der Waals surface area contributed by atoms with Crippen molar-refractivity contribution < 1.29 is 33.8 Å². The van der Waals surface area contributed by atoms with Gasteiger partial charge in [-0.3, -0.25) is 10.3 Å². The molecule has 3 radical (unpaired) electrons. The molecule has 0 spiro atoms. The molecule has 0 fully saturated rings. The van der Waals surface area contributed by atoms with Crippen molar-refractivity contribution >= 4 is 88.7 Å². The molecule has 1 N–H and O–H groups in total. The van der Waals surface area contributed by atoms with Crippen molar-refractivity contribution in [3.05, 3.63) is 0 Å². The molecule has 8 heavy (non-hydrogen) atoms. The summed E-state index contributed by atoms with van der Waals surface area (Å²) in [5.41, 5.74) is 0. The fourth-order valence-electron chi connectivity index (χ4n) is 0. The van der Waals surface area contributed by atoms with Crippen LogP contribution in [0.4, 0.5) is 0 Å². The molecule has 0 rings (SSSR count). The molecule has 0 bridgehead atoms. The average molecular weight is 261 g/mol. The first-order valence-electron chi connectivity index (χ1n) is 0.632. The van der Waals surface area contributed by atoms with Gasteiger partial charge in [0.2, 0.25) is 0 Å². The molecule has 0 amide bonds. The smallest absolute Gasteiger partial charge is 0.256 e. The van der Waals surface area contributed by atoms with Crippen LogP contribution in [0, 0.1) is 0 Å². The van der Waals surface area contributed by atoms with Crippen molar-refractivity contribution in [2.75, 3.05) is 0 Å². The van der Waals surface area contributed by atoms with Crippen LogP contribution in [0.2, 0.25) is 0 Å².